The van der Waals surface area contributed by atoms with Crippen molar-refractivity contribution < 1.29 is 8.78 Å². The topological polar surface area (TPSA) is 59.4 Å². The minimum atomic E-state index is -0.605. The molecule has 1 aromatic carbocycles. The van der Waals surface area contributed by atoms with Gasteiger partial charge in [0, 0.05) is 24.2 Å². The predicted molar refractivity (Wildman–Crippen MR) is 95.4 cm³/mol. The van der Waals surface area contributed by atoms with Crippen molar-refractivity contribution in [2.75, 3.05) is 0 Å². The molecule has 5 nitrogen and oxygen atoms in total. The van der Waals surface area contributed by atoms with E-state index in [1.165, 1.54) is 18.3 Å². The minimum Gasteiger partial charge on any atom is -0.276 e. The molecule has 3 aromatic heterocycles. The average molecular weight is 353 g/mol. The van der Waals surface area contributed by atoms with E-state index in [9.17, 15) is 8.78 Å². The zero-order valence-corrected chi connectivity index (χ0v) is 14.4. The van der Waals surface area contributed by atoms with Crippen molar-refractivity contribution in [1.29, 1.82) is 0 Å². The Balaban J connectivity index is 1.86. The highest BCUT2D eigenvalue weighted by atomic mass is 19.1. The number of aromatic amines is 1. The zero-order valence-electron chi connectivity index (χ0n) is 14.4. The van der Waals surface area contributed by atoms with Crippen molar-refractivity contribution in [3.8, 4) is 22.5 Å². The maximum absolute atomic E-state index is 14.6. The Morgan fingerprint density at radius 1 is 1.12 bits per heavy atom. The smallest absolute Gasteiger partial charge is 0.135 e. The average Bonchev–Trinajstić information content (AvgIpc) is 3.20. The van der Waals surface area contributed by atoms with Crippen LogP contribution in [-0.4, -0.2) is 25.0 Å². The largest absolute Gasteiger partial charge is 0.276 e. The first kappa shape index (κ1) is 16.4. The van der Waals surface area contributed by atoms with Gasteiger partial charge in [0.2, 0.25) is 0 Å². The van der Waals surface area contributed by atoms with Crippen molar-refractivity contribution in [2.45, 2.75) is 19.8 Å². The van der Waals surface area contributed by atoms with Crippen LogP contribution in [0.5, 0.6) is 0 Å². The van der Waals surface area contributed by atoms with E-state index >= 15 is 0 Å². The molecule has 0 atom stereocenters. The summed E-state index contributed by atoms with van der Waals surface area (Å²) in [5.41, 5.74) is 2.94. The fourth-order valence-electron chi connectivity index (χ4n) is 3.12. The Morgan fingerprint density at radius 2 is 1.88 bits per heavy atom. The molecular formula is C19H17F2N5. The molecule has 0 saturated carbocycles. The van der Waals surface area contributed by atoms with E-state index in [0.717, 1.165) is 17.4 Å². The fraction of sp³-hybridized carbons (Fsp3) is 0.211. The van der Waals surface area contributed by atoms with Gasteiger partial charge >= 0.3 is 0 Å². The third-order valence-corrected chi connectivity index (χ3v) is 4.32. The van der Waals surface area contributed by atoms with Crippen molar-refractivity contribution in [2.24, 2.45) is 7.05 Å². The number of pyridine rings is 1. The Labute approximate surface area is 148 Å². The van der Waals surface area contributed by atoms with Crippen LogP contribution in [0, 0.1) is 11.6 Å². The Hall–Kier alpha value is -3.09. The molecule has 0 aliphatic heterocycles. The molecule has 0 unspecified atom stereocenters. The van der Waals surface area contributed by atoms with Gasteiger partial charge in [0.25, 0.3) is 0 Å². The number of aromatic nitrogens is 5. The molecule has 26 heavy (non-hydrogen) atoms. The predicted octanol–water partition coefficient (Wildman–Crippen LogP) is 4.26. The van der Waals surface area contributed by atoms with Gasteiger partial charge in [-0.2, -0.15) is 10.2 Å². The molecule has 0 aliphatic carbocycles. The van der Waals surface area contributed by atoms with Crippen molar-refractivity contribution >= 4 is 10.9 Å². The van der Waals surface area contributed by atoms with Crippen LogP contribution < -0.4 is 0 Å². The molecule has 4 aromatic rings. The minimum absolute atomic E-state index is 0.120. The molecule has 4 rings (SSSR count). The highest BCUT2D eigenvalue weighted by Crippen LogP contribution is 2.31. The molecule has 3 heterocycles. The van der Waals surface area contributed by atoms with Crippen molar-refractivity contribution in [1.82, 2.24) is 25.0 Å². The van der Waals surface area contributed by atoms with Crippen LogP contribution in [-0.2, 0) is 13.5 Å². The highest BCUT2D eigenvalue weighted by Gasteiger charge is 2.17. The second-order valence-corrected chi connectivity index (χ2v) is 6.27. The van der Waals surface area contributed by atoms with Crippen LogP contribution >= 0.6 is 0 Å². The summed E-state index contributed by atoms with van der Waals surface area (Å²) in [5.74, 6) is -1.21. The Morgan fingerprint density at radius 3 is 2.54 bits per heavy atom. The van der Waals surface area contributed by atoms with Gasteiger partial charge in [-0.3, -0.25) is 14.8 Å². The van der Waals surface area contributed by atoms with E-state index in [1.54, 1.807) is 16.9 Å². The van der Waals surface area contributed by atoms with Crippen LogP contribution in [0.4, 0.5) is 8.78 Å². The summed E-state index contributed by atoms with van der Waals surface area (Å²) in [6, 6.07) is 4.42. The van der Waals surface area contributed by atoms with Crippen LogP contribution in [0.1, 0.15) is 18.9 Å². The molecule has 0 aliphatic rings. The lowest BCUT2D eigenvalue weighted by Crippen LogP contribution is -1.96. The molecule has 0 bridgehead atoms. The number of halogens is 2. The number of H-pyrrole nitrogens is 1. The summed E-state index contributed by atoms with van der Waals surface area (Å²) < 4.78 is 30.8. The summed E-state index contributed by atoms with van der Waals surface area (Å²) >= 11 is 0. The number of aryl methyl sites for hydroxylation is 2. The van der Waals surface area contributed by atoms with E-state index in [4.69, 9.17) is 0 Å². The quantitative estimate of drug-likeness (QED) is 0.596. The summed E-state index contributed by atoms with van der Waals surface area (Å²) in [4.78, 5) is 4.21. The molecule has 0 radical (unpaired) electrons. The maximum atomic E-state index is 14.6. The summed E-state index contributed by atoms with van der Waals surface area (Å²) in [5, 5.41) is 12.1. The monoisotopic (exact) mass is 353 g/mol. The number of rotatable bonds is 4. The van der Waals surface area contributed by atoms with E-state index in [-0.39, 0.29) is 11.3 Å². The Kier molecular flexibility index (Phi) is 3.99. The van der Waals surface area contributed by atoms with Crippen LogP contribution in [0.3, 0.4) is 0 Å². The number of hydrogen-bond acceptors (Lipinski definition) is 3. The number of fused-ring (bicyclic) bond motifs is 1. The molecule has 7 heteroatoms. The third kappa shape index (κ3) is 2.75. The molecule has 132 valence electrons. The number of benzene rings is 1. The second kappa shape index (κ2) is 6.33. The summed E-state index contributed by atoms with van der Waals surface area (Å²) in [6.45, 7) is 1.97. The van der Waals surface area contributed by atoms with Gasteiger partial charge < -0.3 is 0 Å². The van der Waals surface area contributed by atoms with E-state index < -0.39 is 11.6 Å². The number of nitrogens with one attached hydrogen (secondary N) is 1. The van der Waals surface area contributed by atoms with Gasteiger partial charge in [0.05, 0.1) is 29.2 Å². The number of nitrogens with zero attached hydrogens (tertiary/aromatic N) is 4. The van der Waals surface area contributed by atoms with E-state index in [0.29, 0.717) is 23.2 Å². The first-order valence-electron chi connectivity index (χ1n) is 8.38. The first-order valence-corrected chi connectivity index (χ1v) is 8.38. The SMILES string of the molecule is CCCc1cc(F)c(-c2cc3c(-c4cnn(C)c4)n[nH]c3cn2)c(F)c1. The van der Waals surface area contributed by atoms with E-state index in [1.807, 2.05) is 20.2 Å². The summed E-state index contributed by atoms with van der Waals surface area (Å²) in [6.07, 6.45) is 6.52. The lowest BCUT2D eigenvalue weighted by Gasteiger charge is -2.08. The van der Waals surface area contributed by atoms with Crippen molar-refractivity contribution in [3.05, 3.63) is 54.0 Å². The fourth-order valence-corrected chi connectivity index (χ4v) is 3.12. The maximum Gasteiger partial charge on any atom is 0.135 e. The molecular weight excluding hydrogens is 336 g/mol. The first-order chi connectivity index (χ1) is 12.6. The lowest BCUT2D eigenvalue weighted by molar-refractivity contribution is 0.584. The Bertz CT molecular complexity index is 1070. The van der Waals surface area contributed by atoms with Gasteiger partial charge in [-0.25, -0.2) is 8.78 Å². The molecule has 0 fully saturated rings. The van der Waals surface area contributed by atoms with Gasteiger partial charge in [-0.1, -0.05) is 13.3 Å². The number of hydrogen-bond donors (Lipinski definition) is 1. The lowest BCUT2D eigenvalue weighted by atomic mass is 10.0. The van der Waals surface area contributed by atoms with Gasteiger partial charge in [0.1, 0.15) is 17.3 Å². The van der Waals surface area contributed by atoms with Crippen LogP contribution in [0.15, 0.2) is 36.8 Å². The normalized spacial score (nSPS) is 11.4. The van der Waals surface area contributed by atoms with Gasteiger partial charge in [-0.15, -0.1) is 0 Å². The van der Waals surface area contributed by atoms with E-state index in [2.05, 4.69) is 20.3 Å². The van der Waals surface area contributed by atoms with Gasteiger partial charge in [-0.05, 0) is 30.2 Å². The molecule has 0 spiro atoms. The summed E-state index contributed by atoms with van der Waals surface area (Å²) in [7, 11) is 1.81. The second-order valence-electron chi connectivity index (χ2n) is 6.27. The van der Waals surface area contributed by atoms with Crippen LogP contribution in [0.25, 0.3) is 33.4 Å². The standard InChI is InChI=1S/C19H17F2N5/c1-3-4-11-5-14(20)18(15(21)6-11)16-7-13-17(9-22-16)24-25-19(13)12-8-23-26(2)10-12/h5-10H,3-4H2,1-2H3,(H,24,25). The molecule has 0 saturated heterocycles. The van der Waals surface area contributed by atoms with Gasteiger partial charge in [0.15, 0.2) is 0 Å². The zero-order chi connectivity index (χ0) is 18.3. The molecule has 0 amide bonds. The third-order valence-electron chi connectivity index (χ3n) is 4.32. The van der Waals surface area contributed by atoms with Crippen LogP contribution in [0.2, 0.25) is 0 Å². The van der Waals surface area contributed by atoms with Crippen molar-refractivity contribution in [3.63, 3.8) is 0 Å². The molecule has 1 N–H and O–H groups in total. The highest BCUT2D eigenvalue weighted by molar-refractivity contribution is 5.94.